The van der Waals surface area contributed by atoms with Crippen LogP contribution in [0.2, 0.25) is 0 Å². The van der Waals surface area contributed by atoms with E-state index in [1.54, 1.807) is 0 Å². The average molecular weight is 958 g/mol. The van der Waals surface area contributed by atoms with Crippen molar-refractivity contribution in [3.8, 4) is 0 Å². The molecule has 0 aromatic heterocycles. The molecule has 2 unspecified atom stereocenters. The highest BCUT2D eigenvalue weighted by atomic mass is 31.2. The molecule has 0 saturated carbocycles. The second-order valence-electron chi connectivity index (χ2n) is 17.7. The van der Waals surface area contributed by atoms with E-state index >= 15 is 0 Å². The molecular weight excluding hydrogens is 858 g/mol. The molecule has 0 bridgehead atoms. The zero-order valence-electron chi connectivity index (χ0n) is 42.9. The van der Waals surface area contributed by atoms with Crippen molar-refractivity contribution in [2.45, 2.75) is 238 Å². The predicted octanol–water partition coefficient (Wildman–Crippen LogP) is 16.7. The van der Waals surface area contributed by atoms with Gasteiger partial charge >= 0.3 is 19.8 Å². The molecule has 10 heteroatoms. The lowest BCUT2D eigenvalue weighted by Crippen LogP contribution is -2.29. The monoisotopic (exact) mass is 958 g/mol. The molecule has 2 atom stereocenters. The Balaban J connectivity index is 3.90. The molecule has 0 aliphatic heterocycles. The molecule has 67 heavy (non-hydrogen) atoms. The van der Waals surface area contributed by atoms with Crippen LogP contribution < -0.4 is 5.73 Å². The zero-order valence-corrected chi connectivity index (χ0v) is 43.8. The maximum absolute atomic E-state index is 12.7. The van der Waals surface area contributed by atoms with Gasteiger partial charge in [0.1, 0.15) is 6.61 Å². The van der Waals surface area contributed by atoms with Crippen LogP contribution in [-0.2, 0) is 32.7 Å². The van der Waals surface area contributed by atoms with Gasteiger partial charge in [-0.05, 0) is 83.5 Å². The van der Waals surface area contributed by atoms with Gasteiger partial charge in [0.2, 0.25) is 0 Å². The molecule has 0 aromatic carbocycles. The topological polar surface area (TPSA) is 134 Å². The van der Waals surface area contributed by atoms with E-state index in [4.69, 9.17) is 24.3 Å². The number of rotatable bonds is 50. The Labute approximate surface area is 411 Å². The van der Waals surface area contributed by atoms with Crippen molar-refractivity contribution in [2.24, 2.45) is 5.73 Å². The van der Waals surface area contributed by atoms with Gasteiger partial charge in [0, 0.05) is 19.4 Å². The molecule has 0 spiro atoms. The lowest BCUT2D eigenvalue weighted by atomic mass is 10.0. The van der Waals surface area contributed by atoms with Crippen LogP contribution >= 0.6 is 7.82 Å². The van der Waals surface area contributed by atoms with Crippen molar-refractivity contribution >= 4 is 19.8 Å². The highest BCUT2D eigenvalue weighted by Gasteiger charge is 2.26. The number of hydrogen-bond donors (Lipinski definition) is 2. The number of esters is 2. The average Bonchev–Trinajstić information content (AvgIpc) is 3.32. The second-order valence-corrected chi connectivity index (χ2v) is 19.2. The number of allylic oxidation sites excluding steroid dienone is 14. The molecule has 3 N–H and O–H groups in total. The molecular formula is C57H100NO8P. The van der Waals surface area contributed by atoms with Crippen LogP contribution in [0.25, 0.3) is 0 Å². The van der Waals surface area contributed by atoms with Crippen molar-refractivity contribution in [1.29, 1.82) is 0 Å². The van der Waals surface area contributed by atoms with Gasteiger partial charge < -0.3 is 20.1 Å². The van der Waals surface area contributed by atoms with E-state index in [-0.39, 0.29) is 32.6 Å². The molecule has 0 aliphatic carbocycles. The Morgan fingerprint density at radius 1 is 0.463 bits per heavy atom. The Morgan fingerprint density at radius 3 is 1.22 bits per heavy atom. The molecule has 0 heterocycles. The van der Waals surface area contributed by atoms with Crippen molar-refractivity contribution in [2.75, 3.05) is 26.4 Å². The number of nitrogens with two attached hydrogens (primary N) is 1. The summed E-state index contributed by atoms with van der Waals surface area (Å²) >= 11 is 0. The van der Waals surface area contributed by atoms with Crippen LogP contribution in [0.5, 0.6) is 0 Å². The Bertz CT molecular complexity index is 1370. The first-order chi connectivity index (χ1) is 32.8. The van der Waals surface area contributed by atoms with Crippen molar-refractivity contribution in [3.63, 3.8) is 0 Å². The minimum absolute atomic E-state index is 0.0492. The van der Waals surface area contributed by atoms with Crippen molar-refractivity contribution in [3.05, 3.63) is 85.1 Å². The maximum Gasteiger partial charge on any atom is 0.472 e. The van der Waals surface area contributed by atoms with E-state index in [0.717, 1.165) is 96.3 Å². The molecule has 0 saturated heterocycles. The molecule has 0 radical (unpaired) electrons. The first-order valence-corrected chi connectivity index (χ1v) is 28.6. The summed E-state index contributed by atoms with van der Waals surface area (Å²) in [7, 11) is -4.39. The molecule has 0 amide bonds. The van der Waals surface area contributed by atoms with Gasteiger partial charge in [-0.2, -0.15) is 0 Å². The summed E-state index contributed by atoms with van der Waals surface area (Å²) in [6.45, 7) is 3.55. The number of ether oxygens (including phenoxy) is 2. The van der Waals surface area contributed by atoms with Crippen LogP contribution in [0.3, 0.4) is 0 Å². The fraction of sp³-hybridized carbons (Fsp3) is 0.719. The van der Waals surface area contributed by atoms with Crippen molar-refractivity contribution < 1.29 is 37.6 Å². The third-order valence-electron chi connectivity index (χ3n) is 11.2. The van der Waals surface area contributed by atoms with Gasteiger partial charge in [-0.15, -0.1) is 0 Å². The SMILES string of the molecule is CC/C=C\C/C=C\C/C=C\C/C=C\C/C=C\CCCCCCCCCCCCCCCCCCCC(=O)OC(COC(=O)CCCCCCC/C=C\C/C=C\CCC)COP(=O)(O)OCCN. The Morgan fingerprint density at radius 2 is 0.821 bits per heavy atom. The summed E-state index contributed by atoms with van der Waals surface area (Å²) in [5.74, 6) is -0.844. The lowest BCUT2D eigenvalue weighted by Gasteiger charge is -2.19. The van der Waals surface area contributed by atoms with Gasteiger partial charge in [-0.25, -0.2) is 4.57 Å². The number of phosphoric acid groups is 1. The number of carbonyl (C=O) groups is 2. The summed E-state index contributed by atoms with van der Waals surface area (Å²) in [5, 5.41) is 0. The lowest BCUT2D eigenvalue weighted by molar-refractivity contribution is -0.161. The fourth-order valence-electron chi connectivity index (χ4n) is 7.29. The van der Waals surface area contributed by atoms with E-state index in [9.17, 15) is 19.0 Å². The van der Waals surface area contributed by atoms with E-state index in [2.05, 4.69) is 98.9 Å². The third-order valence-corrected chi connectivity index (χ3v) is 12.2. The van der Waals surface area contributed by atoms with Gasteiger partial charge in [0.25, 0.3) is 0 Å². The number of unbranched alkanes of at least 4 members (excludes halogenated alkanes) is 23. The summed E-state index contributed by atoms with van der Waals surface area (Å²) in [4.78, 5) is 35.0. The predicted molar refractivity (Wildman–Crippen MR) is 284 cm³/mol. The molecule has 0 rings (SSSR count). The maximum atomic E-state index is 12.7. The molecule has 386 valence electrons. The molecule has 0 fully saturated rings. The summed E-state index contributed by atoms with van der Waals surface area (Å²) in [5.41, 5.74) is 5.36. The Kier molecular flexibility index (Phi) is 50.4. The van der Waals surface area contributed by atoms with Gasteiger partial charge in [0.05, 0.1) is 13.2 Å². The van der Waals surface area contributed by atoms with Crippen molar-refractivity contribution in [1.82, 2.24) is 0 Å². The number of carbonyl (C=O) groups excluding carboxylic acids is 2. The normalized spacial score (nSPS) is 13.8. The number of phosphoric ester groups is 1. The molecule has 0 aromatic rings. The van der Waals surface area contributed by atoms with E-state index in [1.165, 1.54) is 96.3 Å². The second kappa shape index (κ2) is 52.6. The fourth-order valence-corrected chi connectivity index (χ4v) is 8.05. The minimum atomic E-state index is -4.39. The summed E-state index contributed by atoms with van der Waals surface area (Å²) < 4.78 is 32.9. The first-order valence-electron chi connectivity index (χ1n) is 27.1. The highest BCUT2D eigenvalue weighted by Crippen LogP contribution is 2.43. The Hall–Kier alpha value is -2.81. The van der Waals surface area contributed by atoms with E-state index in [1.807, 2.05) is 0 Å². The summed E-state index contributed by atoms with van der Waals surface area (Å²) in [6, 6.07) is 0. The largest absolute Gasteiger partial charge is 0.472 e. The van der Waals surface area contributed by atoms with Crippen LogP contribution in [0, 0.1) is 0 Å². The quantitative estimate of drug-likeness (QED) is 0.0264. The van der Waals surface area contributed by atoms with Crippen LogP contribution in [0.4, 0.5) is 0 Å². The van der Waals surface area contributed by atoms with Crippen LogP contribution in [0.15, 0.2) is 85.1 Å². The minimum Gasteiger partial charge on any atom is -0.462 e. The molecule has 9 nitrogen and oxygen atoms in total. The van der Waals surface area contributed by atoms with Crippen LogP contribution in [-0.4, -0.2) is 49.3 Å². The van der Waals surface area contributed by atoms with Crippen LogP contribution in [0.1, 0.15) is 232 Å². The standard InChI is InChI=1S/C57H100NO8P/c1-3-5-7-9-11-13-15-17-18-19-20-21-22-23-24-25-26-27-28-29-30-31-32-33-34-35-36-38-40-42-44-46-48-50-57(60)66-55(54-65-67(61,62)64-52-51-58)53-63-56(59)49-47-45-43-41-39-37-16-14-12-10-8-6-4-2/h5,7-8,10-11,13-14,16-18,20-21,23-24,55H,3-4,6,9,12,15,19,22,25-54,58H2,1-2H3,(H,61,62)/b7-5-,10-8-,13-11-,16-14-,18-17-,21-20-,24-23-. The summed E-state index contributed by atoms with van der Waals surface area (Å²) in [6.07, 6.45) is 67.9. The van der Waals surface area contributed by atoms with Gasteiger partial charge in [-0.1, -0.05) is 221 Å². The third kappa shape index (κ3) is 52.4. The zero-order chi connectivity index (χ0) is 48.8. The molecule has 0 aliphatic rings. The smallest absolute Gasteiger partial charge is 0.462 e. The van der Waals surface area contributed by atoms with Gasteiger partial charge in [0.15, 0.2) is 6.10 Å². The van der Waals surface area contributed by atoms with E-state index < -0.39 is 32.5 Å². The van der Waals surface area contributed by atoms with E-state index in [0.29, 0.717) is 12.8 Å². The van der Waals surface area contributed by atoms with Gasteiger partial charge in [-0.3, -0.25) is 18.6 Å². The highest BCUT2D eigenvalue weighted by molar-refractivity contribution is 7.47. The first kappa shape index (κ1) is 64.2. The number of hydrogen-bond acceptors (Lipinski definition) is 8.